The zero-order valence-corrected chi connectivity index (χ0v) is 17.2. The second-order valence-corrected chi connectivity index (χ2v) is 8.03. The van der Waals surface area contributed by atoms with E-state index >= 15 is 0 Å². The number of rotatable bonds is 3. The van der Waals surface area contributed by atoms with E-state index in [0.29, 0.717) is 11.9 Å². The van der Waals surface area contributed by atoms with Crippen LogP contribution in [0.1, 0.15) is 18.1 Å². The number of benzene rings is 2. The Kier molecular flexibility index (Phi) is 4.68. The van der Waals surface area contributed by atoms with E-state index in [9.17, 15) is 0 Å². The van der Waals surface area contributed by atoms with Gasteiger partial charge >= 0.3 is 0 Å². The molecular weight excluding hydrogens is 372 g/mol. The SMILES string of the molecule is C=C1NCc2cc(-c3cc(-c4ccc(N5CCOC[C@@H]5C)cc4)cnc3N)ccc21. The standard InChI is InChI=1S/C25H26N4O/c1-16-15-30-10-9-29(16)22-6-3-18(4-7-22)20-12-24(25(26)28-13-20)19-5-8-23-17(2)27-14-21(23)11-19/h3-8,11-13,16,27H,2,9-10,14-15H2,1H3,(H2,26,28)/t16-/m0/s1. The van der Waals surface area contributed by atoms with Gasteiger partial charge in [-0.15, -0.1) is 0 Å². The second kappa shape index (κ2) is 7.50. The van der Waals surface area contributed by atoms with Crippen molar-refractivity contribution in [1.29, 1.82) is 0 Å². The molecule has 0 amide bonds. The fourth-order valence-electron chi connectivity index (χ4n) is 4.32. The minimum Gasteiger partial charge on any atom is -0.383 e. The van der Waals surface area contributed by atoms with Gasteiger partial charge in [-0.1, -0.05) is 30.8 Å². The molecule has 0 bridgehead atoms. The Morgan fingerprint density at radius 2 is 1.87 bits per heavy atom. The fraction of sp³-hybridized carbons (Fsp3) is 0.240. The third-order valence-electron chi connectivity index (χ3n) is 6.05. The van der Waals surface area contributed by atoms with E-state index < -0.39 is 0 Å². The Morgan fingerprint density at radius 3 is 2.67 bits per heavy atom. The average molecular weight is 399 g/mol. The van der Waals surface area contributed by atoms with Gasteiger partial charge in [-0.2, -0.15) is 0 Å². The van der Waals surface area contributed by atoms with E-state index in [-0.39, 0.29) is 0 Å². The Labute approximate surface area is 177 Å². The van der Waals surface area contributed by atoms with Crippen molar-refractivity contribution in [2.75, 3.05) is 30.4 Å². The number of anilines is 2. The number of morpholine rings is 1. The van der Waals surface area contributed by atoms with Crippen molar-refractivity contribution in [2.24, 2.45) is 0 Å². The van der Waals surface area contributed by atoms with Crippen LogP contribution in [0.25, 0.3) is 28.0 Å². The molecule has 1 fully saturated rings. The zero-order valence-electron chi connectivity index (χ0n) is 17.2. The van der Waals surface area contributed by atoms with Gasteiger partial charge in [0.1, 0.15) is 5.82 Å². The monoisotopic (exact) mass is 398 g/mol. The van der Waals surface area contributed by atoms with Crippen LogP contribution in [0.3, 0.4) is 0 Å². The molecule has 2 aliphatic heterocycles. The molecular formula is C25H26N4O. The summed E-state index contributed by atoms with van der Waals surface area (Å²) in [6.45, 7) is 9.53. The molecule has 30 heavy (non-hydrogen) atoms. The summed E-state index contributed by atoms with van der Waals surface area (Å²) in [5.41, 5.74) is 15.1. The molecule has 0 aliphatic carbocycles. The molecule has 152 valence electrons. The Morgan fingerprint density at radius 1 is 1.07 bits per heavy atom. The summed E-state index contributed by atoms with van der Waals surface area (Å²) in [6.07, 6.45) is 1.85. The highest BCUT2D eigenvalue weighted by Crippen LogP contribution is 2.34. The van der Waals surface area contributed by atoms with Gasteiger partial charge in [0.15, 0.2) is 0 Å². The lowest BCUT2D eigenvalue weighted by Gasteiger charge is -2.35. The minimum atomic E-state index is 0.389. The third-order valence-corrected chi connectivity index (χ3v) is 6.05. The number of pyridine rings is 1. The van der Waals surface area contributed by atoms with Crippen molar-refractivity contribution < 1.29 is 4.74 Å². The van der Waals surface area contributed by atoms with E-state index in [4.69, 9.17) is 10.5 Å². The molecule has 5 nitrogen and oxygen atoms in total. The van der Waals surface area contributed by atoms with Gasteiger partial charge in [-0.3, -0.25) is 0 Å². The first-order valence-corrected chi connectivity index (χ1v) is 10.4. The number of nitrogens with two attached hydrogens (primary N) is 1. The summed E-state index contributed by atoms with van der Waals surface area (Å²) >= 11 is 0. The average Bonchev–Trinajstić information content (AvgIpc) is 3.15. The highest BCUT2D eigenvalue weighted by atomic mass is 16.5. The maximum Gasteiger partial charge on any atom is 0.131 e. The molecule has 3 heterocycles. The number of fused-ring (bicyclic) bond motifs is 1. The van der Waals surface area contributed by atoms with Crippen molar-refractivity contribution in [1.82, 2.24) is 10.3 Å². The van der Waals surface area contributed by atoms with Gasteiger partial charge < -0.3 is 20.7 Å². The van der Waals surface area contributed by atoms with Crippen LogP contribution in [0.4, 0.5) is 11.5 Å². The summed E-state index contributed by atoms with van der Waals surface area (Å²) in [5, 5.41) is 3.30. The molecule has 2 aromatic carbocycles. The topological polar surface area (TPSA) is 63.4 Å². The molecule has 1 aromatic heterocycles. The lowest BCUT2D eigenvalue weighted by atomic mass is 9.97. The largest absolute Gasteiger partial charge is 0.383 e. The normalized spacial score (nSPS) is 18.2. The molecule has 1 saturated heterocycles. The van der Waals surface area contributed by atoms with Crippen LogP contribution < -0.4 is 16.0 Å². The van der Waals surface area contributed by atoms with Crippen LogP contribution in [-0.2, 0) is 11.3 Å². The van der Waals surface area contributed by atoms with Gasteiger partial charge in [0.05, 0.1) is 13.2 Å². The molecule has 2 aliphatic rings. The Balaban J connectivity index is 1.46. The Hall–Kier alpha value is -3.31. The molecule has 5 heteroatoms. The minimum absolute atomic E-state index is 0.389. The molecule has 1 atom stereocenters. The lowest BCUT2D eigenvalue weighted by molar-refractivity contribution is 0.0989. The summed E-state index contributed by atoms with van der Waals surface area (Å²) in [6, 6.07) is 17.6. The number of nitrogens with zero attached hydrogens (tertiary/aromatic N) is 2. The van der Waals surface area contributed by atoms with Crippen molar-refractivity contribution in [2.45, 2.75) is 19.5 Å². The van der Waals surface area contributed by atoms with Gasteiger partial charge in [0, 0.05) is 53.4 Å². The van der Waals surface area contributed by atoms with Crippen LogP contribution in [-0.4, -0.2) is 30.8 Å². The highest BCUT2D eigenvalue weighted by molar-refractivity contribution is 5.82. The second-order valence-electron chi connectivity index (χ2n) is 8.03. The van der Waals surface area contributed by atoms with E-state index in [1.807, 2.05) is 6.20 Å². The van der Waals surface area contributed by atoms with Crippen molar-refractivity contribution in [3.05, 3.63) is 72.4 Å². The quantitative estimate of drug-likeness (QED) is 0.689. The first-order chi connectivity index (χ1) is 14.6. The van der Waals surface area contributed by atoms with Crippen LogP contribution >= 0.6 is 0 Å². The smallest absolute Gasteiger partial charge is 0.131 e. The van der Waals surface area contributed by atoms with Crippen molar-refractivity contribution >= 4 is 17.2 Å². The number of aromatic nitrogens is 1. The van der Waals surface area contributed by atoms with Crippen LogP contribution in [0.15, 0.2) is 61.3 Å². The first kappa shape index (κ1) is 18.7. The lowest BCUT2D eigenvalue weighted by Crippen LogP contribution is -2.43. The predicted molar refractivity (Wildman–Crippen MR) is 123 cm³/mol. The van der Waals surface area contributed by atoms with E-state index in [0.717, 1.165) is 54.3 Å². The molecule has 0 spiro atoms. The zero-order chi connectivity index (χ0) is 20.7. The molecule has 5 rings (SSSR count). The summed E-state index contributed by atoms with van der Waals surface area (Å²) < 4.78 is 5.56. The van der Waals surface area contributed by atoms with Crippen LogP contribution in [0.5, 0.6) is 0 Å². The summed E-state index contributed by atoms with van der Waals surface area (Å²) in [5.74, 6) is 0.544. The van der Waals surface area contributed by atoms with Gasteiger partial charge in [-0.05, 0) is 47.9 Å². The molecule has 0 radical (unpaired) electrons. The number of nitrogen functional groups attached to an aromatic ring is 1. The number of hydrogen-bond acceptors (Lipinski definition) is 5. The van der Waals surface area contributed by atoms with E-state index in [2.05, 4.69) is 77.2 Å². The summed E-state index contributed by atoms with van der Waals surface area (Å²) in [7, 11) is 0. The van der Waals surface area contributed by atoms with Crippen molar-refractivity contribution in [3.8, 4) is 22.3 Å². The maximum absolute atomic E-state index is 6.25. The number of hydrogen-bond donors (Lipinski definition) is 2. The predicted octanol–water partition coefficient (Wildman–Crippen LogP) is 4.30. The van der Waals surface area contributed by atoms with E-state index in [1.54, 1.807) is 0 Å². The highest BCUT2D eigenvalue weighted by Gasteiger charge is 2.19. The molecule has 3 aromatic rings. The molecule has 0 unspecified atom stereocenters. The number of ether oxygens (including phenoxy) is 1. The summed E-state index contributed by atoms with van der Waals surface area (Å²) in [4.78, 5) is 6.88. The molecule has 0 saturated carbocycles. The molecule has 3 N–H and O–H groups in total. The van der Waals surface area contributed by atoms with E-state index in [1.165, 1.54) is 16.8 Å². The fourth-order valence-corrected chi connectivity index (χ4v) is 4.32. The van der Waals surface area contributed by atoms with Crippen LogP contribution in [0, 0.1) is 0 Å². The third kappa shape index (κ3) is 3.31. The van der Waals surface area contributed by atoms with Gasteiger partial charge in [0.25, 0.3) is 0 Å². The Bertz CT molecular complexity index is 1110. The maximum atomic E-state index is 6.25. The van der Waals surface area contributed by atoms with Gasteiger partial charge in [-0.25, -0.2) is 4.98 Å². The van der Waals surface area contributed by atoms with Gasteiger partial charge in [0.2, 0.25) is 0 Å². The first-order valence-electron chi connectivity index (χ1n) is 10.4. The van der Waals surface area contributed by atoms with Crippen molar-refractivity contribution in [3.63, 3.8) is 0 Å². The van der Waals surface area contributed by atoms with Crippen LogP contribution in [0.2, 0.25) is 0 Å². The number of nitrogens with one attached hydrogen (secondary N) is 1.